The topological polar surface area (TPSA) is 136 Å². The quantitative estimate of drug-likeness (QED) is 0.469. The maximum atomic E-state index is 12.6. The van der Waals surface area contributed by atoms with Crippen LogP contribution in [0.3, 0.4) is 0 Å². The van der Waals surface area contributed by atoms with Gasteiger partial charge in [0.25, 0.3) is 5.91 Å². The van der Waals surface area contributed by atoms with Gasteiger partial charge >= 0.3 is 0 Å². The summed E-state index contributed by atoms with van der Waals surface area (Å²) in [6.45, 7) is 0.315. The number of rotatable bonds is 6. The fourth-order valence-corrected chi connectivity index (χ4v) is 2.74. The van der Waals surface area contributed by atoms with Gasteiger partial charge in [0.05, 0.1) is 5.56 Å². The minimum Gasteiger partial charge on any atom is -0.382 e. The van der Waals surface area contributed by atoms with Crippen LogP contribution in [0.1, 0.15) is 16.4 Å². The molecule has 0 spiro atoms. The zero-order valence-electron chi connectivity index (χ0n) is 14.8. The van der Waals surface area contributed by atoms with E-state index < -0.39 is 0 Å². The number of hydrogen-bond donors (Lipinski definition) is 3. The summed E-state index contributed by atoms with van der Waals surface area (Å²) in [7, 11) is 0. The molecule has 0 aliphatic rings. The molecular formula is C19H17N7O2. The number of nitrogens with one attached hydrogen (secondary N) is 2. The fourth-order valence-electron chi connectivity index (χ4n) is 2.74. The van der Waals surface area contributed by atoms with E-state index in [0.717, 1.165) is 5.56 Å². The third-order valence-corrected chi connectivity index (χ3v) is 4.07. The summed E-state index contributed by atoms with van der Waals surface area (Å²) < 4.78 is 5.21. The van der Waals surface area contributed by atoms with Crippen LogP contribution in [0.25, 0.3) is 22.6 Å². The van der Waals surface area contributed by atoms with Gasteiger partial charge in [-0.25, -0.2) is 0 Å². The monoisotopic (exact) mass is 375 g/mol. The third kappa shape index (κ3) is 3.58. The highest BCUT2D eigenvalue weighted by Crippen LogP contribution is 2.27. The first-order chi connectivity index (χ1) is 13.7. The highest BCUT2D eigenvalue weighted by molar-refractivity contribution is 6.01. The number of nitrogens with two attached hydrogens (primary N) is 1. The molecule has 4 N–H and O–H groups in total. The van der Waals surface area contributed by atoms with Crippen molar-refractivity contribution in [2.24, 2.45) is 0 Å². The van der Waals surface area contributed by atoms with Gasteiger partial charge in [-0.1, -0.05) is 41.6 Å². The number of benzene rings is 1. The number of hydrogen-bond acceptors (Lipinski definition) is 7. The SMILES string of the molecule is Nc1n[nH]c(C(=O)NCCc2nc(-c3ccccn3)no2)c1-c1ccccc1. The lowest BCUT2D eigenvalue weighted by atomic mass is 10.1. The standard InChI is InChI=1S/C19H17N7O2/c20-17-15(12-6-2-1-3-7-12)16(24-25-17)19(27)22-11-9-14-23-18(26-28-14)13-8-4-5-10-21-13/h1-8,10H,9,11H2,(H,22,27)(H3,20,24,25). The number of aromatic amines is 1. The molecule has 140 valence electrons. The van der Waals surface area contributed by atoms with Gasteiger partial charge in [-0.3, -0.25) is 14.9 Å². The molecule has 0 saturated carbocycles. The van der Waals surface area contributed by atoms with Crippen molar-refractivity contribution in [3.05, 3.63) is 66.3 Å². The van der Waals surface area contributed by atoms with E-state index in [1.54, 1.807) is 12.3 Å². The number of carbonyl (C=O) groups excluding carboxylic acids is 1. The Bertz CT molecular complexity index is 1070. The summed E-state index contributed by atoms with van der Waals surface area (Å²) in [5, 5.41) is 13.4. The van der Waals surface area contributed by atoms with E-state index in [-0.39, 0.29) is 11.7 Å². The molecule has 1 aromatic carbocycles. The minimum absolute atomic E-state index is 0.272. The van der Waals surface area contributed by atoms with E-state index in [1.165, 1.54) is 0 Å². The molecule has 0 unspecified atom stereocenters. The van der Waals surface area contributed by atoms with Gasteiger partial charge < -0.3 is 15.6 Å². The second-order valence-electron chi connectivity index (χ2n) is 5.96. The van der Waals surface area contributed by atoms with Crippen molar-refractivity contribution in [3.63, 3.8) is 0 Å². The Morgan fingerprint density at radius 1 is 1.14 bits per heavy atom. The van der Waals surface area contributed by atoms with E-state index in [1.807, 2.05) is 42.5 Å². The maximum Gasteiger partial charge on any atom is 0.270 e. The predicted molar refractivity (Wildman–Crippen MR) is 102 cm³/mol. The van der Waals surface area contributed by atoms with Crippen molar-refractivity contribution in [2.45, 2.75) is 6.42 Å². The van der Waals surface area contributed by atoms with Crippen LogP contribution in [-0.2, 0) is 6.42 Å². The normalized spacial score (nSPS) is 10.7. The van der Waals surface area contributed by atoms with Gasteiger partial charge in [0, 0.05) is 19.2 Å². The van der Waals surface area contributed by atoms with Crippen molar-refractivity contribution in [1.29, 1.82) is 0 Å². The van der Waals surface area contributed by atoms with Crippen LogP contribution in [0.15, 0.2) is 59.3 Å². The van der Waals surface area contributed by atoms with Gasteiger partial charge in [0.15, 0.2) is 5.82 Å². The van der Waals surface area contributed by atoms with Crippen molar-refractivity contribution in [2.75, 3.05) is 12.3 Å². The summed E-state index contributed by atoms with van der Waals surface area (Å²) in [5.41, 5.74) is 8.26. The Hall–Kier alpha value is -4.01. The Balaban J connectivity index is 1.40. The second-order valence-corrected chi connectivity index (χ2v) is 5.96. The Morgan fingerprint density at radius 3 is 2.75 bits per heavy atom. The van der Waals surface area contributed by atoms with Crippen molar-refractivity contribution in [3.8, 4) is 22.6 Å². The molecule has 1 amide bonds. The highest BCUT2D eigenvalue weighted by Gasteiger charge is 2.19. The van der Waals surface area contributed by atoms with Crippen LogP contribution in [0, 0.1) is 0 Å². The molecule has 0 aliphatic heterocycles. The number of pyridine rings is 1. The number of carbonyl (C=O) groups is 1. The lowest BCUT2D eigenvalue weighted by Gasteiger charge is -2.05. The van der Waals surface area contributed by atoms with E-state index in [4.69, 9.17) is 10.3 Å². The Labute approximate surface area is 160 Å². The van der Waals surface area contributed by atoms with Gasteiger partial charge in [0.1, 0.15) is 11.4 Å². The molecular weight excluding hydrogens is 358 g/mol. The summed E-state index contributed by atoms with van der Waals surface area (Å²) in [6.07, 6.45) is 2.04. The van der Waals surface area contributed by atoms with Crippen molar-refractivity contribution < 1.29 is 9.32 Å². The Morgan fingerprint density at radius 2 is 1.96 bits per heavy atom. The highest BCUT2D eigenvalue weighted by atomic mass is 16.5. The van der Waals surface area contributed by atoms with E-state index in [2.05, 4.69) is 30.6 Å². The average molecular weight is 375 g/mol. The average Bonchev–Trinajstić information content (AvgIpc) is 3.36. The molecule has 0 aliphatic carbocycles. The molecule has 0 atom stereocenters. The summed E-state index contributed by atoms with van der Waals surface area (Å²) in [6, 6.07) is 14.8. The Kier molecular flexibility index (Phi) is 4.79. The van der Waals surface area contributed by atoms with Crippen LogP contribution >= 0.6 is 0 Å². The zero-order valence-corrected chi connectivity index (χ0v) is 14.8. The molecule has 3 heterocycles. The predicted octanol–water partition coefficient (Wildman–Crippen LogP) is 2.08. The molecule has 0 radical (unpaired) electrons. The molecule has 0 bridgehead atoms. The molecule has 4 aromatic rings. The van der Waals surface area contributed by atoms with Crippen molar-refractivity contribution in [1.82, 2.24) is 30.6 Å². The zero-order chi connectivity index (χ0) is 19.3. The van der Waals surface area contributed by atoms with Crippen LogP contribution in [-0.4, -0.2) is 37.8 Å². The molecule has 9 nitrogen and oxygen atoms in total. The van der Waals surface area contributed by atoms with Crippen LogP contribution in [0.4, 0.5) is 5.82 Å². The smallest absolute Gasteiger partial charge is 0.270 e. The summed E-state index contributed by atoms with van der Waals surface area (Å²) in [4.78, 5) is 21.0. The molecule has 28 heavy (non-hydrogen) atoms. The minimum atomic E-state index is -0.312. The number of amides is 1. The summed E-state index contributed by atoms with van der Waals surface area (Å²) in [5.74, 6) is 0.781. The van der Waals surface area contributed by atoms with E-state index in [0.29, 0.717) is 41.6 Å². The summed E-state index contributed by atoms with van der Waals surface area (Å²) >= 11 is 0. The van der Waals surface area contributed by atoms with Gasteiger partial charge in [-0.2, -0.15) is 10.1 Å². The number of H-pyrrole nitrogens is 1. The van der Waals surface area contributed by atoms with Crippen LogP contribution < -0.4 is 11.1 Å². The first-order valence-corrected chi connectivity index (χ1v) is 8.64. The van der Waals surface area contributed by atoms with Crippen LogP contribution in [0.2, 0.25) is 0 Å². The van der Waals surface area contributed by atoms with E-state index >= 15 is 0 Å². The first kappa shape index (κ1) is 17.4. The molecule has 0 saturated heterocycles. The number of nitrogen functional groups attached to an aromatic ring is 1. The fraction of sp³-hybridized carbons (Fsp3) is 0.105. The third-order valence-electron chi connectivity index (χ3n) is 4.07. The molecule has 0 fully saturated rings. The van der Waals surface area contributed by atoms with Crippen LogP contribution in [0.5, 0.6) is 0 Å². The lowest BCUT2D eigenvalue weighted by molar-refractivity contribution is 0.0949. The van der Waals surface area contributed by atoms with E-state index in [9.17, 15) is 4.79 Å². The molecule has 4 rings (SSSR count). The lowest BCUT2D eigenvalue weighted by Crippen LogP contribution is -2.26. The maximum absolute atomic E-state index is 12.6. The number of aromatic nitrogens is 5. The largest absolute Gasteiger partial charge is 0.382 e. The van der Waals surface area contributed by atoms with Crippen molar-refractivity contribution >= 4 is 11.7 Å². The van der Waals surface area contributed by atoms with Gasteiger partial charge in [-0.05, 0) is 17.7 Å². The molecule has 9 heteroatoms. The van der Waals surface area contributed by atoms with Gasteiger partial charge in [-0.15, -0.1) is 0 Å². The number of nitrogens with zero attached hydrogens (tertiary/aromatic N) is 4. The number of anilines is 1. The molecule has 3 aromatic heterocycles. The first-order valence-electron chi connectivity index (χ1n) is 8.64. The van der Waals surface area contributed by atoms with Gasteiger partial charge in [0.2, 0.25) is 11.7 Å². The second kappa shape index (κ2) is 7.70.